The molecule has 1 aromatic carbocycles. The Balaban J connectivity index is 1.52. The minimum absolute atomic E-state index is 0.0100. The van der Waals surface area contributed by atoms with Gasteiger partial charge in [-0.2, -0.15) is 0 Å². The van der Waals surface area contributed by atoms with Crippen LogP contribution in [0.3, 0.4) is 0 Å². The SMILES string of the molecule is CC(C)Cc1nnc(NC(=O)[C@H]2CC=CC[C@@H]2c2nc3ccccc3s2)s1. The Morgan fingerprint density at radius 2 is 2.00 bits per heavy atom. The van der Waals surface area contributed by atoms with Crippen LogP contribution in [-0.2, 0) is 11.2 Å². The van der Waals surface area contributed by atoms with Crippen LogP contribution in [0.5, 0.6) is 0 Å². The number of nitrogens with one attached hydrogen (secondary N) is 1. The van der Waals surface area contributed by atoms with E-state index >= 15 is 0 Å². The predicted octanol–water partition coefficient (Wildman–Crippen LogP) is 5.03. The van der Waals surface area contributed by atoms with E-state index in [4.69, 9.17) is 4.98 Å². The quantitative estimate of drug-likeness (QED) is 0.612. The highest BCUT2D eigenvalue weighted by atomic mass is 32.1. The highest BCUT2D eigenvalue weighted by Gasteiger charge is 2.32. The smallest absolute Gasteiger partial charge is 0.230 e. The summed E-state index contributed by atoms with van der Waals surface area (Å²) in [5, 5.41) is 13.9. The van der Waals surface area contributed by atoms with Gasteiger partial charge in [-0.15, -0.1) is 21.5 Å². The topological polar surface area (TPSA) is 67.8 Å². The molecule has 0 saturated heterocycles. The van der Waals surface area contributed by atoms with E-state index < -0.39 is 0 Å². The first-order chi connectivity index (χ1) is 13.1. The van der Waals surface area contributed by atoms with Gasteiger partial charge in [0.2, 0.25) is 11.0 Å². The summed E-state index contributed by atoms with van der Waals surface area (Å²) in [5.41, 5.74) is 1.01. The Bertz CT molecular complexity index is 942. The lowest BCUT2D eigenvalue weighted by Crippen LogP contribution is -2.29. The number of carbonyl (C=O) groups excluding carboxylic acids is 1. The molecular formula is C20H22N4OS2. The Kier molecular flexibility index (Phi) is 5.31. The van der Waals surface area contributed by atoms with E-state index in [-0.39, 0.29) is 17.7 Å². The summed E-state index contributed by atoms with van der Waals surface area (Å²) in [6, 6.07) is 8.14. The van der Waals surface area contributed by atoms with Crippen molar-refractivity contribution in [2.24, 2.45) is 11.8 Å². The van der Waals surface area contributed by atoms with Crippen molar-refractivity contribution in [2.45, 2.75) is 39.0 Å². The molecule has 7 heteroatoms. The first-order valence-electron chi connectivity index (χ1n) is 9.24. The molecule has 2 heterocycles. The van der Waals surface area contributed by atoms with Crippen molar-refractivity contribution >= 4 is 43.9 Å². The van der Waals surface area contributed by atoms with Gasteiger partial charge in [-0.05, 0) is 30.9 Å². The number of rotatable bonds is 5. The molecule has 0 saturated carbocycles. The van der Waals surface area contributed by atoms with Gasteiger partial charge >= 0.3 is 0 Å². The molecule has 1 aliphatic carbocycles. The summed E-state index contributed by atoms with van der Waals surface area (Å²) < 4.78 is 1.17. The van der Waals surface area contributed by atoms with Crippen LogP contribution in [0.1, 0.15) is 42.6 Å². The summed E-state index contributed by atoms with van der Waals surface area (Å²) in [6.45, 7) is 4.30. The third-order valence-electron chi connectivity index (χ3n) is 4.68. The fourth-order valence-corrected chi connectivity index (χ4v) is 5.46. The van der Waals surface area contributed by atoms with Crippen molar-refractivity contribution < 1.29 is 4.79 Å². The minimum Gasteiger partial charge on any atom is -0.300 e. The van der Waals surface area contributed by atoms with E-state index in [1.807, 2.05) is 18.2 Å². The van der Waals surface area contributed by atoms with Gasteiger partial charge < -0.3 is 5.32 Å². The second kappa shape index (κ2) is 7.86. The summed E-state index contributed by atoms with van der Waals surface area (Å²) in [7, 11) is 0. The molecule has 0 aliphatic heterocycles. The molecule has 5 nitrogen and oxygen atoms in total. The van der Waals surface area contributed by atoms with Crippen LogP contribution in [0, 0.1) is 11.8 Å². The molecule has 0 bridgehead atoms. The van der Waals surface area contributed by atoms with Gasteiger partial charge in [0.05, 0.1) is 21.1 Å². The highest BCUT2D eigenvalue weighted by molar-refractivity contribution is 7.18. The van der Waals surface area contributed by atoms with E-state index in [9.17, 15) is 4.79 Å². The van der Waals surface area contributed by atoms with Gasteiger partial charge in [-0.3, -0.25) is 4.79 Å². The summed E-state index contributed by atoms with van der Waals surface area (Å²) in [5.74, 6) is 0.507. The molecule has 0 fully saturated rings. The third kappa shape index (κ3) is 4.09. The number of carbonyl (C=O) groups is 1. The fraction of sp³-hybridized carbons (Fsp3) is 0.400. The molecule has 1 aliphatic rings. The van der Waals surface area contributed by atoms with Gasteiger partial charge in [-0.1, -0.05) is 49.5 Å². The molecule has 140 valence electrons. The van der Waals surface area contributed by atoms with Crippen LogP contribution in [-0.4, -0.2) is 21.1 Å². The van der Waals surface area contributed by atoms with Crippen LogP contribution < -0.4 is 5.32 Å². The first-order valence-corrected chi connectivity index (χ1v) is 10.9. The molecule has 1 amide bonds. The molecule has 0 spiro atoms. The lowest BCUT2D eigenvalue weighted by Gasteiger charge is -2.25. The molecular weight excluding hydrogens is 376 g/mol. The average molecular weight is 399 g/mol. The van der Waals surface area contributed by atoms with E-state index in [1.54, 1.807) is 11.3 Å². The van der Waals surface area contributed by atoms with Crippen molar-refractivity contribution in [3.8, 4) is 0 Å². The van der Waals surface area contributed by atoms with Crippen LogP contribution in [0.4, 0.5) is 5.13 Å². The van der Waals surface area contributed by atoms with Gasteiger partial charge in [-0.25, -0.2) is 4.98 Å². The van der Waals surface area contributed by atoms with Gasteiger partial charge in [0.1, 0.15) is 5.01 Å². The second-order valence-electron chi connectivity index (χ2n) is 7.26. The third-order valence-corrected chi connectivity index (χ3v) is 6.71. The maximum atomic E-state index is 13.0. The Hall–Kier alpha value is -2.12. The maximum absolute atomic E-state index is 13.0. The number of amides is 1. The summed E-state index contributed by atoms with van der Waals surface area (Å²) >= 11 is 3.16. The van der Waals surface area contributed by atoms with Crippen LogP contribution in [0.15, 0.2) is 36.4 Å². The highest BCUT2D eigenvalue weighted by Crippen LogP contribution is 2.39. The van der Waals surface area contributed by atoms with Crippen molar-refractivity contribution in [1.82, 2.24) is 15.2 Å². The zero-order chi connectivity index (χ0) is 18.8. The molecule has 2 atom stereocenters. The number of thiazole rings is 1. The molecule has 4 rings (SSSR count). The molecule has 0 unspecified atom stereocenters. The zero-order valence-electron chi connectivity index (χ0n) is 15.4. The lowest BCUT2D eigenvalue weighted by molar-refractivity contribution is -0.120. The zero-order valence-corrected chi connectivity index (χ0v) is 17.0. The normalized spacial score (nSPS) is 19.7. The number of nitrogens with zero attached hydrogens (tertiary/aromatic N) is 3. The number of aromatic nitrogens is 3. The number of benzene rings is 1. The number of hydrogen-bond acceptors (Lipinski definition) is 6. The molecule has 1 N–H and O–H groups in total. The van der Waals surface area contributed by atoms with Gasteiger partial charge in [0, 0.05) is 12.3 Å². The Morgan fingerprint density at radius 3 is 2.81 bits per heavy atom. The van der Waals surface area contributed by atoms with E-state index in [2.05, 4.69) is 47.6 Å². The monoisotopic (exact) mass is 398 g/mol. The van der Waals surface area contributed by atoms with Crippen LogP contribution in [0.2, 0.25) is 0 Å². The Labute approximate surface area is 166 Å². The maximum Gasteiger partial charge on any atom is 0.230 e. The van der Waals surface area contributed by atoms with E-state index in [0.717, 1.165) is 34.8 Å². The summed E-state index contributed by atoms with van der Waals surface area (Å²) in [4.78, 5) is 17.8. The first kappa shape index (κ1) is 18.3. The largest absolute Gasteiger partial charge is 0.300 e. The van der Waals surface area contributed by atoms with Crippen molar-refractivity contribution in [1.29, 1.82) is 0 Å². The van der Waals surface area contributed by atoms with Crippen molar-refractivity contribution in [3.05, 3.63) is 46.4 Å². The number of allylic oxidation sites excluding steroid dienone is 2. The van der Waals surface area contributed by atoms with Gasteiger partial charge in [0.15, 0.2) is 0 Å². The predicted molar refractivity (Wildman–Crippen MR) is 111 cm³/mol. The number of fused-ring (bicyclic) bond motifs is 1. The lowest BCUT2D eigenvalue weighted by atomic mass is 9.83. The number of anilines is 1. The number of para-hydroxylation sites is 1. The van der Waals surface area contributed by atoms with Crippen molar-refractivity contribution in [3.63, 3.8) is 0 Å². The molecule has 3 aromatic rings. The Morgan fingerprint density at radius 1 is 1.19 bits per heavy atom. The van der Waals surface area contributed by atoms with E-state index in [0.29, 0.717) is 11.0 Å². The van der Waals surface area contributed by atoms with Gasteiger partial charge in [0.25, 0.3) is 0 Å². The second-order valence-corrected chi connectivity index (χ2v) is 9.39. The minimum atomic E-state index is -0.131. The molecule has 27 heavy (non-hydrogen) atoms. The standard InChI is InChI=1S/C20H22N4OS2/c1-12(2)11-17-23-24-20(27-17)22-18(25)13-7-3-4-8-14(13)19-21-15-9-5-6-10-16(15)26-19/h3-6,9-10,12-14H,7-8,11H2,1-2H3,(H,22,24,25)/t13-,14-/m0/s1. The van der Waals surface area contributed by atoms with E-state index in [1.165, 1.54) is 16.0 Å². The fourth-order valence-electron chi connectivity index (χ4n) is 3.36. The summed E-state index contributed by atoms with van der Waals surface area (Å²) in [6.07, 6.45) is 6.70. The van der Waals surface area contributed by atoms with Crippen LogP contribution >= 0.6 is 22.7 Å². The molecule has 0 radical (unpaired) electrons. The van der Waals surface area contributed by atoms with Crippen molar-refractivity contribution in [2.75, 3.05) is 5.32 Å². The number of hydrogen-bond donors (Lipinski definition) is 1. The molecule has 2 aromatic heterocycles. The average Bonchev–Trinajstić information content (AvgIpc) is 3.27. The van der Waals surface area contributed by atoms with Crippen LogP contribution in [0.25, 0.3) is 10.2 Å².